The Bertz CT molecular complexity index is 544. The van der Waals surface area contributed by atoms with Crippen LogP contribution in [0, 0.1) is 11.3 Å². The van der Waals surface area contributed by atoms with E-state index in [0.717, 1.165) is 11.3 Å². The van der Waals surface area contributed by atoms with E-state index in [1.54, 1.807) is 24.4 Å². The summed E-state index contributed by atoms with van der Waals surface area (Å²) in [5.41, 5.74) is 2.40. The highest BCUT2D eigenvalue weighted by molar-refractivity contribution is 7.12. The third kappa shape index (κ3) is 3.79. The molecule has 0 saturated heterocycles. The third-order valence-electron chi connectivity index (χ3n) is 1.90. The number of rotatable bonds is 5. The van der Waals surface area contributed by atoms with E-state index in [4.69, 9.17) is 5.26 Å². The van der Waals surface area contributed by atoms with Gasteiger partial charge in [-0.05, 0) is 18.4 Å². The number of anilines is 1. The molecule has 19 heavy (non-hydrogen) atoms. The molecule has 0 fully saturated rings. The fourth-order valence-electron chi connectivity index (χ4n) is 1.08. The van der Waals surface area contributed by atoms with Crippen molar-refractivity contribution in [2.75, 3.05) is 19.1 Å². The lowest BCUT2D eigenvalue weighted by Crippen LogP contribution is -2.17. The van der Waals surface area contributed by atoms with Crippen LogP contribution in [-0.2, 0) is 14.3 Å². The van der Waals surface area contributed by atoms with Crippen molar-refractivity contribution in [3.05, 3.63) is 16.3 Å². The van der Waals surface area contributed by atoms with Crippen molar-refractivity contribution in [3.8, 4) is 6.07 Å². The monoisotopic (exact) mass is 281 g/mol. The molecule has 0 saturated carbocycles. The van der Waals surface area contributed by atoms with Crippen LogP contribution in [0.25, 0.3) is 0 Å². The molecule has 1 rings (SSSR count). The van der Waals surface area contributed by atoms with Gasteiger partial charge in [-0.1, -0.05) is 0 Å². The number of thiophene rings is 1. The summed E-state index contributed by atoms with van der Waals surface area (Å²) in [6, 6.07) is 3.20. The molecule has 0 unspecified atom stereocenters. The molecule has 1 aromatic rings. The first-order chi connectivity index (χ1) is 9.13. The van der Waals surface area contributed by atoms with Crippen molar-refractivity contribution in [2.24, 2.45) is 5.10 Å². The minimum atomic E-state index is -0.827. The molecule has 7 nitrogen and oxygen atoms in total. The summed E-state index contributed by atoms with van der Waals surface area (Å²) in [6.07, 6.45) is 0. The Hall–Kier alpha value is -2.40. The number of carbonyl (C=O) groups is 2. The maximum atomic E-state index is 11.4. The average Bonchev–Trinajstić information content (AvgIpc) is 2.87. The molecule has 0 spiro atoms. The van der Waals surface area contributed by atoms with E-state index in [-0.39, 0.29) is 6.61 Å². The van der Waals surface area contributed by atoms with Crippen LogP contribution in [0.3, 0.4) is 0 Å². The van der Waals surface area contributed by atoms with E-state index in [1.807, 2.05) is 0 Å². The quantitative estimate of drug-likeness (QED) is 0.497. The molecule has 0 radical (unpaired) electrons. The number of carbonyl (C=O) groups excluding carboxylic acids is 2. The summed E-state index contributed by atoms with van der Waals surface area (Å²) < 4.78 is 9.22. The summed E-state index contributed by atoms with van der Waals surface area (Å²) in [6.45, 7) is 1.76. The molecule has 0 aliphatic rings. The zero-order valence-corrected chi connectivity index (χ0v) is 11.1. The molecule has 0 bridgehead atoms. The van der Waals surface area contributed by atoms with Crippen molar-refractivity contribution in [1.29, 1.82) is 5.26 Å². The molecule has 0 aromatic carbocycles. The molecule has 8 heteroatoms. The van der Waals surface area contributed by atoms with Gasteiger partial charge in [0.1, 0.15) is 10.9 Å². The van der Waals surface area contributed by atoms with Gasteiger partial charge in [0.25, 0.3) is 0 Å². The van der Waals surface area contributed by atoms with Crippen LogP contribution in [0.5, 0.6) is 0 Å². The lowest BCUT2D eigenvalue weighted by atomic mass is 10.4. The Kier molecular flexibility index (Phi) is 5.50. The predicted molar refractivity (Wildman–Crippen MR) is 69.0 cm³/mol. The van der Waals surface area contributed by atoms with E-state index < -0.39 is 17.7 Å². The van der Waals surface area contributed by atoms with Crippen LogP contribution < -0.4 is 5.43 Å². The van der Waals surface area contributed by atoms with Crippen LogP contribution in [0.2, 0.25) is 0 Å². The maximum Gasteiger partial charge on any atom is 0.369 e. The van der Waals surface area contributed by atoms with E-state index in [1.165, 1.54) is 7.11 Å². The maximum absolute atomic E-state index is 11.4. The molecule has 0 amide bonds. The standard InChI is InChI=1S/C11H11N3O4S/c1-3-18-10(15)8(6-12)14-13-7-4-5-19-9(7)11(16)17-2/h4-5,13H,3H2,1-2H3/b14-8+. The highest BCUT2D eigenvalue weighted by atomic mass is 32.1. The fraction of sp³-hybridized carbons (Fsp3) is 0.273. The van der Waals surface area contributed by atoms with Crippen molar-refractivity contribution < 1.29 is 19.1 Å². The highest BCUT2D eigenvalue weighted by Crippen LogP contribution is 2.22. The number of esters is 2. The minimum absolute atomic E-state index is 0.144. The summed E-state index contributed by atoms with van der Waals surface area (Å²) in [4.78, 5) is 23.0. The van der Waals surface area contributed by atoms with Gasteiger partial charge in [0.15, 0.2) is 0 Å². The first-order valence-corrected chi connectivity index (χ1v) is 6.08. The summed E-state index contributed by atoms with van der Waals surface area (Å²) >= 11 is 1.15. The summed E-state index contributed by atoms with van der Waals surface area (Å²) in [5.74, 6) is -1.35. The van der Waals surface area contributed by atoms with Crippen LogP contribution >= 0.6 is 11.3 Å². The molecule has 100 valence electrons. The van der Waals surface area contributed by atoms with E-state index in [9.17, 15) is 9.59 Å². The highest BCUT2D eigenvalue weighted by Gasteiger charge is 2.15. The van der Waals surface area contributed by atoms with E-state index in [0.29, 0.717) is 10.6 Å². The van der Waals surface area contributed by atoms with Gasteiger partial charge >= 0.3 is 11.9 Å². The first kappa shape index (κ1) is 14.7. The van der Waals surface area contributed by atoms with Gasteiger partial charge < -0.3 is 9.47 Å². The first-order valence-electron chi connectivity index (χ1n) is 5.20. The van der Waals surface area contributed by atoms with E-state index >= 15 is 0 Å². The number of nitrogens with one attached hydrogen (secondary N) is 1. The van der Waals surface area contributed by atoms with Crippen molar-refractivity contribution in [2.45, 2.75) is 6.92 Å². The Labute approximate surface area is 113 Å². The van der Waals surface area contributed by atoms with Crippen molar-refractivity contribution in [1.82, 2.24) is 0 Å². The van der Waals surface area contributed by atoms with Crippen LogP contribution in [-0.4, -0.2) is 31.4 Å². The molecule has 1 aromatic heterocycles. The van der Waals surface area contributed by atoms with Crippen LogP contribution in [0.15, 0.2) is 16.5 Å². The van der Waals surface area contributed by atoms with Crippen LogP contribution in [0.1, 0.15) is 16.6 Å². The second kappa shape index (κ2) is 7.13. The number of nitrogens with zero attached hydrogens (tertiary/aromatic N) is 2. The summed E-state index contributed by atoms with van der Waals surface area (Å²) in [7, 11) is 1.26. The number of hydrogen-bond donors (Lipinski definition) is 1. The summed E-state index contributed by atoms with van der Waals surface area (Å²) in [5, 5.41) is 14.0. The molecule has 1 N–H and O–H groups in total. The second-order valence-electron chi connectivity index (χ2n) is 3.06. The largest absolute Gasteiger partial charge is 0.465 e. The molecule has 0 aliphatic carbocycles. The Morgan fingerprint density at radius 1 is 1.58 bits per heavy atom. The number of ether oxygens (including phenoxy) is 2. The van der Waals surface area contributed by atoms with Gasteiger partial charge in [-0.15, -0.1) is 11.3 Å². The zero-order valence-electron chi connectivity index (χ0n) is 10.3. The number of nitriles is 1. The average molecular weight is 281 g/mol. The Morgan fingerprint density at radius 3 is 2.89 bits per heavy atom. The molecule has 0 atom stereocenters. The van der Waals surface area contributed by atoms with Crippen molar-refractivity contribution >= 4 is 34.7 Å². The molecular weight excluding hydrogens is 270 g/mol. The zero-order chi connectivity index (χ0) is 14.3. The van der Waals surface area contributed by atoms with Crippen molar-refractivity contribution in [3.63, 3.8) is 0 Å². The second-order valence-corrected chi connectivity index (χ2v) is 3.98. The molecule has 1 heterocycles. The lowest BCUT2D eigenvalue weighted by molar-refractivity contribution is -0.134. The molecule has 0 aliphatic heterocycles. The SMILES string of the molecule is CCOC(=O)/C(C#N)=N/Nc1ccsc1C(=O)OC. The van der Waals surface area contributed by atoms with Crippen LogP contribution in [0.4, 0.5) is 5.69 Å². The van der Waals surface area contributed by atoms with Gasteiger partial charge in [0.05, 0.1) is 19.4 Å². The minimum Gasteiger partial charge on any atom is -0.465 e. The topological polar surface area (TPSA) is 101 Å². The van der Waals surface area contributed by atoms with Gasteiger partial charge in [0.2, 0.25) is 5.71 Å². The predicted octanol–water partition coefficient (Wildman–Crippen LogP) is 1.39. The lowest BCUT2D eigenvalue weighted by Gasteiger charge is -2.02. The molecular formula is C11H11N3O4S. The normalized spacial score (nSPS) is 10.5. The van der Waals surface area contributed by atoms with E-state index in [2.05, 4.69) is 20.0 Å². The fourth-order valence-corrected chi connectivity index (χ4v) is 1.84. The number of hydrogen-bond acceptors (Lipinski definition) is 8. The Morgan fingerprint density at radius 2 is 2.32 bits per heavy atom. The van der Waals surface area contributed by atoms with Gasteiger partial charge in [-0.25, -0.2) is 9.59 Å². The number of methoxy groups -OCH3 is 1. The van der Waals surface area contributed by atoms with Gasteiger partial charge in [-0.2, -0.15) is 10.4 Å². The Balaban J connectivity index is 2.85. The number of hydrazone groups is 1. The third-order valence-corrected chi connectivity index (χ3v) is 2.79. The van der Waals surface area contributed by atoms with Gasteiger partial charge in [-0.3, -0.25) is 5.43 Å². The van der Waals surface area contributed by atoms with Gasteiger partial charge in [0, 0.05) is 0 Å². The smallest absolute Gasteiger partial charge is 0.369 e.